The standard InChI is InChI=1S/C22H28N4O.ClH/c1-2-13-23-14-6-3-7-15-24-18-10-8-9-17(16-18)21-19-11-4-5-12-20(19)22(27)26-25-21;/h4-5,8-12,16,23-24H,2-3,6-7,13-15H2,1H3,(H,26,27);1H. The quantitative estimate of drug-likeness (QED) is 0.435. The van der Waals surface area contributed by atoms with Crippen molar-refractivity contribution in [2.24, 2.45) is 0 Å². The average Bonchev–Trinajstić information content (AvgIpc) is 2.71. The molecule has 5 nitrogen and oxygen atoms in total. The molecule has 0 atom stereocenters. The van der Waals surface area contributed by atoms with Crippen LogP contribution in [0, 0.1) is 0 Å². The Morgan fingerprint density at radius 1 is 0.929 bits per heavy atom. The predicted octanol–water partition coefficient (Wildman–Crippen LogP) is 4.59. The Balaban J connectivity index is 0.00000280. The van der Waals surface area contributed by atoms with Gasteiger partial charge in [-0.1, -0.05) is 43.7 Å². The summed E-state index contributed by atoms with van der Waals surface area (Å²) in [6, 6.07) is 15.8. The molecule has 2 aromatic carbocycles. The predicted molar refractivity (Wildman–Crippen MR) is 121 cm³/mol. The van der Waals surface area contributed by atoms with Crippen LogP contribution in [0.15, 0.2) is 53.3 Å². The summed E-state index contributed by atoms with van der Waals surface area (Å²) < 4.78 is 0. The van der Waals surface area contributed by atoms with E-state index in [4.69, 9.17) is 0 Å². The van der Waals surface area contributed by atoms with E-state index in [0.717, 1.165) is 48.4 Å². The van der Waals surface area contributed by atoms with Gasteiger partial charge in [0.25, 0.3) is 5.56 Å². The van der Waals surface area contributed by atoms with E-state index in [1.54, 1.807) is 0 Å². The molecule has 150 valence electrons. The van der Waals surface area contributed by atoms with Crippen LogP contribution in [0.2, 0.25) is 0 Å². The first-order valence-electron chi connectivity index (χ1n) is 9.82. The molecule has 1 aromatic heterocycles. The second-order valence-electron chi connectivity index (χ2n) is 6.77. The number of unbranched alkanes of at least 4 members (excludes halogenated alkanes) is 2. The van der Waals surface area contributed by atoms with Crippen molar-refractivity contribution in [3.8, 4) is 11.3 Å². The third kappa shape index (κ3) is 5.81. The molecule has 0 aliphatic heterocycles. The van der Waals surface area contributed by atoms with Gasteiger partial charge in [0.15, 0.2) is 0 Å². The SMILES string of the molecule is CCCNCCCCCNc1cccc(-c2n[nH]c(=O)c3ccccc23)c1.Cl. The van der Waals surface area contributed by atoms with Crippen molar-refractivity contribution in [3.63, 3.8) is 0 Å². The molecule has 0 amide bonds. The fraction of sp³-hybridized carbons (Fsp3) is 0.364. The third-order valence-electron chi connectivity index (χ3n) is 4.62. The number of anilines is 1. The van der Waals surface area contributed by atoms with Gasteiger partial charge < -0.3 is 10.6 Å². The van der Waals surface area contributed by atoms with Gasteiger partial charge in [0.05, 0.1) is 11.1 Å². The van der Waals surface area contributed by atoms with E-state index in [0.29, 0.717) is 5.39 Å². The maximum atomic E-state index is 12.0. The van der Waals surface area contributed by atoms with Gasteiger partial charge in [-0.15, -0.1) is 12.4 Å². The van der Waals surface area contributed by atoms with E-state index in [2.05, 4.69) is 39.9 Å². The summed E-state index contributed by atoms with van der Waals surface area (Å²) in [5, 5.41) is 15.4. The minimum Gasteiger partial charge on any atom is -0.385 e. The number of fused-ring (bicyclic) bond motifs is 1. The minimum absolute atomic E-state index is 0. The Kier molecular flexibility index (Phi) is 8.98. The van der Waals surface area contributed by atoms with Crippen LogP contribution in [0.1, 0.15) is 32.6 Å². The largest absolute Gasteiger partial charge is 0.385 e. The molecule has 0 bridgehead atoms. The van der Waals surface area contributed by atoms with Crippen LogP contribution in [-0.4, -0.2) is 29.8 Å². The van der Waals surface area contributed by atoms with Crippen LogP contribution >= 0.6 is 12.4 Å². The number of hydrogen-bond donors (Lipinski definition) is 3. The molecule has 0 saturated carbocycles. The first-order chi connectivity index (χ1) is 13.3. The molecule has 0 spiro atoms. The third-order valence-corrected chi connectivity index (χ3v) is 4.62. The Morgan fingerprint density at radius 2 is 1.71 bits per heavy atom. The summed E-state index contributed by atoms with van der Waals surface area (Å²) in [7, 11) is 0. The zero-order chi connectivity index (χ0) is 18.9. The fourth-order valence-corrected chi connectivity index (χ4v) is 3.20. The maximum Gasteiger partial charge on any atom is 0.272 e. The van der Waals surface area contributed by atoms with Gasteiger partial charge in [0, 0.05) is 23.2 Å². The first kappa shape index (κ1) is 21.9. The minimum atomic E-state index is -0.156. The number of nitrogens with zero attached hydrogens (tertiary/aromatic N) is 1. The molecule has 3 aromatic rings. The van der Waals surface area contributed by atoms with Crippen LogP contribution in [0.3, 0.4) is 0 Å². The van der Waals surface area contributed by atoms with E-state index in [9.17, 15) is 4.79 Å². The molecule has 0 aliphatic carbocycles. The highest BCUT2D eigenvalue weighted by molar-refractivity contribution is 5.94. The topological polar surface area (TPSA) is 69.8 Å². The van der Waals surface area contributed by atoms with Crippen molar-refractivity contribution in [1.29, 1.82) is 0 Å². The van der Waals surface area contributed by atoms with Crippen LogP contribution < -0.4 is 16.2 Å². The highest BCUT2D eigenvalue weighted by Gasteiger charge is 2.08. The van der Waals surface area contributed by atoms with Crippen LogP contribution in [0.25, 0.3) is 22.0 Å². The lowest BCUT2D eigenvalue weighted by Crippen LogP contribution is -2.16. The van der Waals surface area contributed by atoms with Gasteiger partial charge >= 0.3 is 0 Å². The second-order valence-corrected chi connectivity index (χ2v) is 6.77. The van der Waals surface area contributed by atoms with Gasteiger partial charge in [0.2, 0.25) is 0 Å². The Labute approximate surface area is 172 Å². The van der Waals surface area contributed by atoms with E-state index in [1.165, 1.54) is 19.3 Å². The molecule has 3 N–H and O–H groups in total. The van der Waals surface area contributed by atoms with Crippen LogP contribution in [0.4, 0.5) is 5.69 Å². The normalized spacial score (nSPS) is 10.6. The van der Waals surface area contributed by atoms with Crippen molar-refractivity contribution >= 4 is 28.9 Å². The van der Waals surface area contributed by atoms with E-state index in [-0.39, 0.29) is 18.0 Å². The van der Waals surface area contributed by atoms with E-state index >= 15 is 0 Å². The Morgan fingerprint density at radius 3 is 2.54 bits per heavy atom. The van der Waals surface area contributed by atoms with Crippen molar-refractivity contribution in [2.45, 2.75) is 32.6 Å². The van der Waals surface area contributed by atoms with E-state index < -0.39 is 0 Å². The molecule has 0 saturated heterocycles. The van der Waals surface area contributed by atoms with Crippen molar-refractivity contribution in [3.05, 3.63) is 58.9 Å². The molecule has 0 aliphatic rings. The number of nitrogens with one attached hydrogen (secondary N) is 3. The highest BCUT2D eigenvalue weighted by Crippen LogP contribution is 2.26. The fourth-order valence-electron chi connectivity index (χ4n) is 3.20. The van der Waals surface area contributed by atoms with Crippen molar-refractivity contribution in [1.82, 2.24) is 15.5 Å². The molecule has 6 heteroatoms. The monoisotopic (exact) mass is 400 g/mol. The summed E-state index contributed by atoms with van der Waals surface area (Å²) >= 11 is 0. The summed E-state index contributed by atoms with van der Waals surface area (Å²) in [5.74, 6) is 0. The lowest BCUT2D eigenvalue weighted by Gasteiger charge is -2.10. The number of rotatable bonds is 10. The summed E-state index contributed by atoms with van der Waals surface area (Å²) in [5.41, 5.74) is 2.72. The number of halogens is 1. The van der Waals surface area contributed by atoms with Gasteiger partial charge in [-0.25, -0.2) is 5.10 Å². The van der Waals surface area contributed by atoms with Gasteiger partial charge in [-0.05, 0) is 50.6 Å². The molecule has 0 unspecified atom stereocenters. The average molecular weight is 401 g/mol. The second kappa shape index (κ2) is 11.5. The zero-order valence-corrected chi connectivity index (χ0v) is 17.1. The van der Waals surface area contributed by atoms with Crippen LogP contribution in [-0.2, 0) is 0 Å². The lowest BCUT2D eigenvalue weighted by atomic mass is 10.0. The number of H-pyrrole nitrogens is 1. The smallest absolute Gasteiger partial charge is 0.272 e. The molecule has 0 radical (unpaired) electrons. The number of benzene rings is 2. The molecule has 0 fully saturated rings. The Hall–Kier alpha value is -2.37. The molecular formula is C22H29ClN4O. The summed E-state index contributed by atoms with van der Waals surface area (Å²) in [4.78, 5) is 12.0. The Bertz CT molecular complexity index is 926. The van der Waals surface area contributed by atoms with Gasteiger partial charge in [0.1, 0.15) is 0 Å². The number of aromatic nitrogens is 2. The molecule has 1 heterocycles. The molecule has 28 heavy (non-hydrogen) atoms. The summed E-state index contributed by atoms with van der Waals surface area (Å²) in [6.07, 6.45) is 4.78. The van der Waals surface area contributed by atoms with Crippen molar-refractivity contribution in [2.75, 3.05) is 25.0 Å². The maximum absolute atomic E-state index is 12.0. The van der Waals surface area contributed by atoms with Crippen molar-refractivity contribution < 1.29 is 0 Å². The van der Waals surface area contributed by atoms with Gasteiger partial charge in [-0.2, -0.15) is 5.10 Å². The number of aromatic amines is 1. The summed E-state index contributed by atoms with van der Waals surface area (Å²) in [6.45, 7) is 5.36. The number of hydrogen-bond acceptors (Lipinski definition) is 4. The highest BCUT2D eigenvalue weighted by atomic mass is 35.5. The lowest BCUT2D eigenvalue weighted by molar-refractivity contribution is 0.606. The first-order valence-corrected chi connectivity index (χ1v) is 9.82. The van der Waals surface area contributed by atoms with Gasteiger partial charge in [-0.3, -0.25) is 4.79 Å². The molecular weight excluding hydrogens is 372 g/mol. The van der Waals surface area contributed by atoms with E-state index in [1.807, 2.05) is 36.4 Å². The van der Waals surface area contributed by atoms with Crippen LogP contribution in [0.5, 0.6) is 0 Å². The molecule has 3 rings (SSSR count). The zero-order valence-electron chi connectivity index (χ0n) is 16.3.